The van der Waals surface area contributed by atoms with E-state index in [1.807, 2.05) is 32.1 Å². The first-order valence-corrected chi connectivity index (χ1v) is 14.0. The minimum Gasteiger partial charge on any atom is -0.390 e. The number of aromatic nitrogens is 2. The summed E-state index contributed by atoms with van der Waals surface area (Å²) in [5, 5.41) is 33.7. The fourth-order valence-electron chi connectivity index (χ4n) is 5.60. The molecule has 1 heterocycles. The molecule has 0 radical (unpaired) electrons. The predicted molar refractivity (Wildman–Crippen MR) is 158 cm³/mol. The lowest BCUT2D eigenvalue weighted by Crippen LogP contribution is -2.19. The van der Waals surface area contributed by atoms with E-state index in [1.165, 1.54) is 12.8 Å². The molecule has 2 N–H and O–H groups in total. The Balaban J connectivity index is 1.55. The molecule has 6 rings (SSSR count). The third kappa shape index (κ3) is 5.27. The van der Waals surface area contributed by atoms with Gasteiger partial charge in [0.1, 0.15) is 23.8 Å². The molecule has 1 fully saturated rings. The number of aliphatic hydroxyl groups is 1. The zero-order valence-corrected chi connectivity index (χ0v) is 23.4. The van der Waals surface area contributed by atoms with Gasteiger partial charge in [0.2, 0.25) is 0 Å². The number of ether oxygens (including phenoxy) is 1. The SMILES string of the molecule is CC(OCc1ccc2c(c1)c1cc(CCC(C)(C)O)ccc1c1nc(-c3c(C#N)cc(F)cc3C#N)[nH]c21)C1CC1. The molecule has 1 saturated carbocycles. The van der Waals surface area contributed by atoms with Crippen LogP contribution in [-0.2, 0) is 17.8 Å². The van der Waals surface area contributed by atoms with Crippen LogP contribution in [0.4, 0.5) is 4.39 Å². The van der Waals surface area contributed by atoms with Crippen molar-refractivity contribution in [1.29, 1.82) is 10.5 Å². The van der Waals surface area contributed by atoms with Crippen LogP contribution in [-0.4, -0.2) is 26.8 Å². The summed E-state index contributed by atoms with van der Waals surface area (Å²) in [6.07, 6.45) is 4.03. The maximum Gasteiger partial charge on any atom is 0.141 e. The van der Waals surface area contributed by atoms with Gasteiger partial charge in [0.15, 0.2) is 0 Å². The van der Waals surface area contributed by atoms with Crippen LogP contribution in [0.15, 0.2) is 48.5 Å². The van der Waals surface area contributed by atoms with Crippen molar-refractivity contribution >= 4 is 32.6 Å². The second-order valence-electron chi connectivity index (χ2n) is 11.8. The van der Waals surface area contributed by atoms with E-state index in [-0.39, 0.29) is 22.8 Å². The van der Waals surface area contributed by atoms with E-state index in [9.17, 15) is 20.0 Å². The van der Waals surface area contributed by atoms with E-state index < -0.39 is 11.4 Å². The number of rotatable bonds is 8. The molecule has 6 nitrogen and oxygen atoms in total. The molecule has 5 aromatic rings. The molecule has 206 valence electrons. The summed E-state index contributed by atoms with van der Waals surface area (Å²) in [6.45, 7) is 6.28. The molecule has 4 aromatic carbocycles. The van der Waals surface area contributed by atoms with E-state index in [1.54, 1.807) is 0 Å². The van der Waals surface area contributed by atoms with E-state index in [4.69, 9.17) is 9.72 Å². The number of aryl methyl sites for hydroxylation is 1. The Bertz CT molecular complexity index is 1870. The number of aromatic amines is 1. The van der Waals surface area contributed by atoms with Gasteiger partial charge in [-0.15, -0.1) is 0 Å². The Morgan fingerprint density at radius 3 is 2.29 bits per heavy atom. The van der Waals surface area contributed by atoms with E-state index >= 15 is 0 Å². The lowest BCUT2D eigenvalue weighted by molar-refractivity contribution is 0.0388. The molecule has 41 heavy (non-hydrogen) atoms. The van der Waals surface area contributed by atoms with Gasteiger partial charge in [0, 0.05) is 10.8 Å². The fraction of sp³-hybridized carbons (Fsp3) is 0.324. The van der Waals surface area contributed by atoms with Crippen molar-refractivity contribution < 1.29 is 14.2 Å². The molecule has 1 aliphatic carbocycles. The number of hydrogen-bond donors (Lipinski definition) is 2. The largest absolute Gasteiger partial charge is 0.390 e. The maximum absolute atomic E-state index is 14.1. The first-order valence-electron chi connectivity index (χ1n) is 14.0. The Labute approximate surface area is 238 Å². The lowest BCUT2D eigenvalue weighted by atomic mass is 9.94. The van der Waals surface area contributed by atoms with Crippen LogP contribution in [0.3, 0.4) is 0 Å². The molecular formula is C34H31FN4O2. The summed E-state index contributed by atoms with van der Waals surface area (Å²) in [4.78, 5) is 8.25. The number of hydrogen-bond acceptors (Lipinski definition) is 5. The van der Waals surface area contributed by atoms with E-state index in [0.29, 0.717) is 30.3 Å². The van der Waals surface area contributed by atoms with Crippen molar-refractivity contribution in [3.8, 4) is 23.5 Å². The van der Waals surface area contributed by atoms with Gasteiger partial charge in [-0.3, -0.25) is 0 Å². The molecule has 1 aromatic heterocycles. The molecule has 1 atom stereocenters. The smallest absolute Gasteiger partial charge is 0.141 e. The summed E-state index contributed by atoms with van der Waals surface area (Å²) >= 11 is 0. The summed E-state index contributed by atoms with van der Waals surface area (Å²) in [5.74, 6) is 0.359. The van der Waals surface area contributed by atoms with Crippen molar-refractivity contribution in [3.63, 3.8) is 0 Å². The number of nitrogens with one attached hydrogen (secondary N) is 1. The summed E-state index contributed by atoms with van der Waals surface area (Å²) in [7, 11) is 0. The minimum absolute atomic E-state index is 0.0485. The van der Waals surface area contributed by atoms with Crippen LogP contribution in [0, 0.1) is 34.4 Å². The molecule has 0 saturated heterocycles. The highest BCUT2D eigenvalue weighted by molar-refractivity contribution is 6.23. The Hall–Kier alpha value is -4.30. The van der Waals surface area contributed by atoms with Crippen LogP contribution in [0.2, 0.25) is 0 Å². The molecule has 0 amide bonds. The van der Waals surface area contributed by atoms with Gasteiger partial charge in [0.25, 0.3) is 0 Å². The van der Waals surface area contributed by atoms with Crippen molar-refractivity contribution in [2.45, 2.75) is 64.8 Å². The molecule has 0 bridgehead atoms. The zero-order valence-electron chi connectivity index (χ0n) is 23.4. The average molecular weight is 547 g/mol. The standard InChI is InChI=1S/C34H31FN4O2/c1-19(22-6-7-22)41-18-21-5-9-27-29(13-21)28-12-20(10-11-34(2,3)40)4-8-26(28)31-32(27)39-33(38-31)30-23(16-36)14-25(35)15-24(30)17-37/h4-5,8-9,12-15,19,22,40H,6-7,10-11,18H2,1-3H3,(H,38,39). The van der Waals surface area contributed by atoms with Crippen molar-refractivity contribution in [1.82, 2.24) is 9.97 Å². The second-order valence-corrected chi connectivity index (χ2v) is 11.8. The topological polar surface area (TPSA) is 106 Å². The number of nitriles is 2. The molecule has 0 aliphatic heterocycles. The molecule has 1 unspecified atom stereocenters. The van der Waals surface area contributed by atoms with Gasteiger partial charge in [-0.25, -0.2) is 9.37 Å². The Morgan fingerprint density at radius 1 is 1.00 bits per heavy atom. The molecule has 7 heteroatoms. The molecule has 1 aliphatic rings. The lowest BCUT2D eigenvalue weighted by Gasteiger charge is -2.17. The average Bonchev–Trinajstić information content (AvgIpc) is 3.72. The van der Waals surface area contributed by atoms with Gasteiger partial charge in [-0.1, -0.05) is 30.3 Å². The monoisotopic (exact) mass is 546 g/mol. The number of nitrogens with zero attached hydrogens (tertiary/aromatic N) is 3. The van der Waals surface area contributed by atoms with Crippen molar-refractivity contribution in [2.24, 2.45) is 5.92 Å². The van der Waals surface area contributed by atoms with Gasteiger partial charge < -0.3 is 14.8 Å². The third-order valence-corrected chi connectivity index (χ3v) is 8.09. The highest BCUT2D eigenvalue weighted by Gasteiger charge is 2.28. The van der Waals surface area contributed by atoms with Crippen molar-refractivity contribution in [2.75, 3.05) is 0 Å². The summed E-state index contributed by atoms with van der Waals surface area (Å²) in [5.41, 5.74) is 3.28. The quantitative estimate of drug-likeness (QED) is 0.197. The van der Waals surface area contributed by atoms with Crippen molar-refractivity contribution in [3.05, 3.63) is 76.6 Å². The first kappa shape index (κ1) is 26.9. The Kier molecular flexibility index (Phi) is 6.74. The highest BCUT2D eigenvalue weighted by Crippen LogP contribution is 2.39. The molecule has 0 spiro atoms. The van der Waals surface area contributed by atoms with Crippen LogP contribution in [0.1, 0.15) is 62.3 Å². The van der Waals surface area contributed by atoms with E-state index in [2.05, 4.69) is 42.2 Å². The fourth-order valence-corrected chi connectivity index (χ4v) is 5.60. The minimum atomic E-state index is -0.771. The van der Waals surface area contributed by atoms with Crippen LogP contribution >= 0.6 is 0 Å². The Morgan fingerprint density at radius 2 is 1.63 bits per heavy atom. The number of benzene rings is 4. The summed E-state index contributed by atoms with van der Waals surface area (Å²) in [6, 6.07) is 18.8. The van der Waals surface area contributed by atoms with Gasteiger partial charge in [-0.05, 0) is 92.5 Å². The number of halogens is 1. The highest BCUT2D eigenvalue weighted by atomic mass is 19.1. The van der Waals surface area contributed by atoms with Crippen LogP contribution in [0.25, 0.3) is 44.0 Å². The predicted octanol–water partition coefficient (Wildman–Crippen LogP) is 7.44. The normalized spacial score (nSPS) is 14.4. The van der Waals surface area contributed by atoms with Gasteiger partial charge >= 0.3 is 0 Å². The number of fused-ring (bicyclic) bond motifs is 6. The second kappa shape index (κ2) is 10.3. The number of H-pyrrole nitrogens is 1. The van der Waals surface area contributed by atoms with Crippen LogP contribution in [0.5, 0.6) is 0 Å². The third-order valence-electron chi connectivity index (χ3n) is 8.09. The number of imidazole rings is 1. The first-order chi connectivity index (χ1) is 19.6. The maximum atomic E-state index is 14.1. The zero-order chi connectivity index (χ0) is 28.9. The van der Waals surface area contributed by atoms with Gasteiger partial charge in [-0.2, -0.15) is 10.5 Å². The summed E-state index contributed by atoms with van der Waals surface area (Å²) < 4.78 is 20.3. The van der Waals surface area contributed by atoms with Crippen LogP contribution < -0.4 is 0 Å². The molecular weight excluding hydrogens is 515 g/mol. The van der Waals surface area contributed by atoms with E-state index in [0.717, 1.165) is 56.7 Å². The van der Waals surface area contributed by atoms with Gasteiger partial charge in [0.05, 0.1) is 46.0 Å².